The molecule has 6 heteroatoms. The third kappa shape index (κ3) is 4.36. The van der Waals surface area contributed by atoms with E-state index < -0.39 is 5.54 Å². The molecule has 1 unspecified atom stereocenters. The number of carbonyl (C=O) groups excluding carboxylic acids is 1. The van der Waals surface area contributed by atoms with Crippen molar-refractivity contribution in [2.75, 3.05) is 13.7 Å². The Morgan fingerprint density at radius 3 is 2.55 bits per heavy atom. The molecular formula is C14H22BrClN2O2. The Morgan fingerprint density at radius 1 is 1.50 bits per heavy atom. The van der Waals surface area contributed by atoms with E-state index in [1.165, 1.54) is 0 Å². The smallest absolute Gasteiger partial charge is 0.253 e. The molecule has 114 valence electrons. The molecule has 0 heterocycles. The molecule has 0 fully saturated rings. The van der Waals surface area contributed by atoms with Gasteiger partial charge in [-0.3, -0.25) is 4.79 Å². The Kier molecular flexibility index (Phi) is 7.55. The Hall–Kier alpha value is -0.780. The van der Waals surface area contributed by atoms with Crippen molar-refractivity contribution in [2.24, 2.45) is 11.7 Å². The van der Waals surface area contributed by atoms with Crippen LogP contribution in [0.4, 0.5) is 0 Å². The molecule has 0 radical (unpaired) electrons. The molecule has 0 spiro atoms. The van der Waals surface area contributed by atoms with E-state index in [-0.39, 0.29) is 24.2 Å². The summed E-state index contributed by atoms with van der Waals surface area (Å²) >= 11 is 3.38. The van der Waals surface area contributed by atoms with E-state index in [4.69, 9.17) is 10.5 Å². The second kappa shape index (κ2) is 7.86. The zero-order valence-corrected chi connectivity index (χ0v) is 14.6. The Labute approximate surface area is 135 Å². The monoisotopic (exact) mass is 364 g/mol. The highest BCUT2D eigenvalue weighted by molar-refractivity contribution is 9.10. The number of benzene rings is 1. The van der Waals surface area contributed by atoms with Crippen molar-refractivity contribution in [3.63, 3.8) is 0 Å². The van der Waals surface area contributed by atoms with Gasteiger partial charge in [-0.1, -0.05) is 13.8 Å². The van der Waals surface area contributed by atoms with Crippen molar-refractivity contribution >= 4 is 34.2 Å². The highest BCUT2D eigenvalue weighted by Gasteiger charge is 2.29. The molecule has 0 bridgehead atoms. The van der Waals surface area contributed by atoms with Crippen LogP contribution in [0.25, 0.3) is 0 Å². The first-order valence-corrected chi connectivity index (χ1v) is 6.99. The topological polar surface area (TPSA) is 64.3 Å². The van der Waals surface area contributed by atoms with Crippen LogP contribution in [-0.2, 0) is 0 Å². The number of halogens is 2. The van der Waals surface area contributed by atoms with Crippen LogP contribution in [0.2, 0.25) is 0 Å². The molecule has 0 aliphatic rings. The second-order valence-electron chi connectivity index (χ2n) is 5.08. The second-order valence-corrected chi connectivity index (χ2v) is 5.93. The van der Waals surface area contributed by atoms with Gasteiger partial charge < -0.3 is 15.8 Å². The van der Waals surface area contributed by atoms with E-state index in [0.29, 0.717) is 17.9 Å². The largest absolute Gasteiger partial charge is 0.497 e. The van der Waals surface area contributed by atoms with Gasteiger partial charge >= 0.3 is 0 Å². The van der Waals surface area contributed by atoms with Gasteiger partial charge in [0.05, 0.1) is 18.2 Å². The van der Waals surface area contributed by atoms with Crippen LogP contribution in [0.3, 0.4) is 0 Å². The summed E-state index contributed by atoms with van der Waals surface area (Å²) in [6.45, 7) is 6.41. The molecule has 1 aromatic rings. The molecule has 1 amide bonds. The molecule has 0 saturated carbocycles. The number of ether oxygens (including phenoxy) is 1. The zero-order chi connectivity index (χ0) is 14.6. The minimum atomic E-state index is -0.431. The summed E-state index contributed by atoms with van der Waals surface area (Å²) in [4.78, 5) is 12.4. The number of nitrogens with two attached hydrogens (primary N) is 1. The van der Waals surface area contributed by atoms with Crippen LogP contribution in [0.15, 0.2) is 22.7 Å². The number of hydrogen-bond donors (Lipinski definition) is 2. The molecule has 20 heavy (non-hydrogen) atoms. The summed E-state index contributed by atoms with van der Waals surface area (Å²) in [5, 5.41) is 3.00. The highest BCUT2D eigenvalue weighted by Crippen LogP contribution is 2.24. The highest BCUT2D eigenvalue weighted by atomic mass is 79.9. The molecule has 1 aromatic carbocycles. The average molecular weight is 366 g/mol. The van der Waals surface area contributed by atoms with Gasteiger partial charge in [0.2, 0.25) is 0 Å². The summed E-state index contributed by atoms with van der Waals surface area (Å²) in [6.07, 6.45) is 0. The van der Waals surface area contributed by atoms with E-state index in [0.717, 1.165) is 4.47 Å². The van der Waals surface area contributed by atoms with Gasteiger partial charge in [0.25, 0.3) is 5.91 Å². The molecule has 0 aliphatic heterocycles. The molecule has 1 atom stereocenters. The van der Waals surface area contributed by atoms with E-state index in [2.05, 4.69) is 21.2 Å². The fraction of sp³-hybridized carbons (Fsp3) is 0.500. The Bertz CT molecular complexity index is 468. The maximum Gasteiger partial charge on any atom is 0.253 e. The lowest BCUT2D eigenvalue weighted by Crippen LogP contribution is -2.55. The van der Waals surface area contributed by atoms with Crippen LogP contribution in [0.5, 0.6) is 5.75 Å². The Balaban J connectivity index is 0.00000361. The molecular weight excluding hydrogens is 344 g/mol. The lowest BCUT2D eigenvalue weighted by Gasteiger charge is -2.33. The number of nitrogens with one attached hydrogen (secondary N) is 1. The lowest BCUT2D eigenvalue weighted by atomic mass is 9.88. The van der Waals surface area contributed by atoms with Gasteiger partial charge in [0, 0.05) is 11.0 Å². The quantitative estimate of drug-likeness (QED) is 0.843. The van der Waals surface area contributed by atoms with Gasteiger partial charge in [-0.25, -0.2) is 0 Å². The van der Waals surface area contributed by atoms with Crippen molar-refractivity contribution in [3.05, 3.63) is 28.2 Å². The molecule has 0 saturated heterocycles. The summed E-state index contributed by atoms with van der Waals surface area (Å²) in [7, 11) is 1.57. The summed E-state index contributed by atoms with van der Waals surface area (Å²) in [6, 6.07) is 5.30. The maximum absolute atomic E-state index is 12.4. The fourth-order valence-electron chi connectivity index (χ4n) is 1.56. The first-order chi connectivity index (χ1) is 8.84. The Morgan fingerprint density at radius 2 is 2.10 bits per heavy atom. The first-order valence-electron chi connectivity index (χ1n) is 6.20. The van der Waals surface area contributed by atoms with Crippen molar-refractivity contribution in [3.8, 4) is 5.75 Å². The van der Waals surface area contributed by atoms with Crippen LogP contribution in [-0.4, -0.2) is 25.1 Å². The summed E-state index contributed by atoms with van der Waals surface area (Å²) in [5.41, 5.74) is 5.89. The number of rotatable bonds is 5. The van der Waals surface area contributed by atoms with Gasteiger partial charge in [-0.05, 0) is 47.0 Å². The normalized spacial score (nSPS) is 13.3. The minimum absolute atomic E-state index is 0. The van der Waals surface area contributed by atoms with Crippen molar-refractivity contribution in [1.29, 1.82) is 0 Å². The summed E-state index contributed by atoms with van der Waals surface area (Å²) < 4.78 is 5.87. The minimum Gasteiger partial charge on any atom is -0.497 e. The van der Waals surface area contributed by atoms with Crippen LogP contribution < -0.4 is 15.8 Å². The van der Waals surface area contributed by atoms with Crippen LogP contribution in [0, 0.1) is 5.92 Å². The van der Waals surface area contributed by atoms with Crippen LogP contribution >= 0.6 is 28.3 Å². The fourth-order valence-corrected chi connectivity index (χ4v) is 1.99. The summed E-state index contributed by atoms with van der Waals surface area (Å²) in [5.74, 6) is 0.727. The molecule has 1 rings (SSSR count). The van der Waals surface area contributed by atoms with Crippen molar-refractivity contribution in [1.82, 2.24) is 5.32 Å². The third-order valence-electron chi connectivity index (χ3n) is 3.52. The van der Waals surface area contributed by atoms with E-state index in [1.54, 1.807) is 25.3 Å². The number of methoxy groups -OCH3 is 1. The van der Waals surface area contributed by atoms with Crippen LogP contribution in [0.1, 0.15) is 31.1 Å². The zero-order valence-electron chi connectivity index (χ0n) is 12.2. The molecule has 0 aliphatic carbocycles. The maximum atomic E-state index is 12.4. The number of hydrogen-bond acceptors (Lipinski definition) is 3. The third-order valence-corrected chi connectivity index (χ3v) is 4.21. The van der Waals surface area contributed by atoms with Gasteiger partial charge in [-0.2, -0.15) is 0 Å². The van der Waals surface area contributed by atoms with E-state index in [1.807, 2.05) is 20.8 Å². The van der Waals surface area contributed by atoms with Gasteiger partial charge in [0.1, 0.15) is 5.75 Å². The van der Waals surface area contributed by atoms with Crippen molar-refractivity contribution < 1.29 is 9.53 Å². The standard InChI is InChI=1S/C14H21BrN2O2.ClH/c1-9(2)14(3,8-16)17-13(18)11-7-10(19-4)5-6-12(11)15;/h5-7,9H,8,16H2,1-4H3,(H,17,18);1H. The van der Waals surface area contributed by atoms with E-state index >= 15 is 0 Å². The van der Waals surface area contributed by atoms with E-state index in [9.17, 15) is 4.79 Å². The molecule has 0 aromatic heterocycles. The average Bonchev–Trinajstić information content (AvgIpc) is 2.38. The van der Waals surface area contributed by atoms with Gasteiger partial charge in [0.15, 0.2) is 0 Å². The first kappa shape index (κ1) is 19.2. The predicted molar refractivity (Wildman–Crippen MR) is 87.7 cm³/mol. The number of amides is 1. The lowest BCUT2D eigenvalue weighted by molar-refractivity contribution is 0.0882. The molecule has 4 nitrogen and oxygen atoms in total. The SMILES string of the molecule is COc1ccc(Br)c(C(=O)NC(C)(CN)C(C)C)c1.Cl. The van der Waals surface area contributed by atoms with Gasteiger partial charge in [-0.15, -0.1) is 12.4 Å². The number of carbonyl (C=O) groups is 1. The predicted octanol–water partition coefficient (Wildman–Crippen LogP) is 2.98. The molecule has 3 N–H and O–H groups in total. The van der Waals surface area contributed by atoms with Crippen molar-refractivity contribution in [2.45, 2.75) is 26.3 Å².